The summed E-state index contributed by atoms with van der Waals surface area (Å²) in [4.78, 5) is 24.0. The number of benzene rings is 1. The Kier molecular flexibility index (Phi) is 18.8. The lowest BCUT2D eigenvalue weighted by molar-refractivity contribution is -0.147. The molecule has 1 aromatic carbocycles. The van der Waals surface area contributed by atoms with Crippen LogP contribution in [0.1, 0.15) is 122 Å². The lowest BCUT2D eigenvalue weighted by atomic mass is 10.0. The van der Waals surface area contributed by atoms with Crippen molar-refractivity contribution in [3.63, 3.8) is 0 Å². The van der Waals surface area contributed by atoms with Gasteiger partial charge in [0.25, 0.3) is 0 Å². The monoisotopic (exact) mass is 489 g/mol. The highest BCUT2D eigenvalue weighted by Gasteiger charge is 2.21. The Balaban J connectivity index is 2.03. The molecular weight excluding hydrogens is 438 g/mol. The number of methoxy groups -OCH3 is 1. The van der Waals surface area contributed by atoms with Crippen LogP contribution in [0.3, 0.4) is 0 Å². The van der Waals surface area contributed by atoms with Crippen molar-refractivity contribution in [1.29, 1.82) is 0 Å². The van der Waals surface area contributed by atoms with Crippen molar-refractivity contribution in [2.45, 2.75) is 129 Å². The number of ether oxygens (including phenoxy) is 2. The molecule has 1 unspecified atom stereocenters. The molecule has 1 amide bonds. The third-order valence-corrected chi connectivity index (χ3v) is 6.50. The van der Waals surface area contributed by atoms with Crippen LogP contribution in [0.4, 0.5) is 0 Å². The van der Waals surface area contributed by atoms with Gasteiger partial charge in [-0.3, -0.25) is 4.79 Å². The third kappa shape index (κ3) is 17.1. The molecule has 1 aromatic rings. The minimum absolute atomic E-state index is 0.233. The second-order valence-corrected chi connectivity index (χ2v) is 9.78. The van der Waals surface area contributed by atoms with Crippen molar-refractivity contribution >= 4 is 11.9 Å². The van der Waals surface area contributed by atoms with Gasteiger partial charge in [0.1, 0.15) is 11.8 Å². The zero-order chi connectivity index (χ0) is 25.6. The molecule has 5 heteroatoms. The van der Waals surface area contributed by atoms with Crippen LogP contribution < -0.4 is 10.1 Å². The number of hydrogen-bond acceptors (Lipinski definition) is 4. The summed E-state index contributed by atoms with van der Waals surface area (Å²) in [5.41, 5.74) is 0.948. The summed E-state index contributed by atoms with van der Waals surface area (Å²) >= 11 is 0. The first-order valence-corrected chi connectivity index (χ1v) is 14.1. The van der Waals surface area contributed by atoms with Gasteiger partial charge in [-0.05, 0) is 24.1 Å². The first-order valence-electron chi connectivity index (χ1n) is 14.1. The topological polar surface area (TPSA) is 64.6 Å². The first-order chi connectivity index (χ1) is 17.1. The highest BCUT2D eigenvalue weighted by molar-refractivity contribution is 5.83. The number of carbonyl (C=O) groups excluding carboxylic acids is 2. The maximum absolute atomic E-state index is 12.5. The minimum atomic E-state index is -0.665. The summed E-state index contributed by atoms with van der Waals surface area (Å²) in [6.07, 6.45) is 21.4. The molecule has 0 bridgehead atoms. The van der Waals surface area contributed by atoms with E-state index in [2.05, 4.69) is 12.2 Å². The highest BCUT2D eigenvalue weighted by Crippen LogP contribution is 2.15. The lowest BCUT2D eigenvalue weighted by Crippen LogP contribution is -2.42. The van der Waals surface area contributed by atoms with Gasteiger partial charge in [-0.1, -0.05) is 115 Å². The van der Waals surface area contributed by atoms with Crippen molar-refractivity contribution in [2.75, 3.05) is 13.7 Å². The van der Waals surface area contributed by atoms with Crippen LogP contribution in [-0.2, 0) is 20.7 Å². The number of unbranched alkanes of at least 4 members (excludes halogenated alkanes) is 15. The Morgan fingerprint density at radius 1 is 0.743 bits per heavy atom. The molecule has 200 valence electrons. The molecular formula is C30H51NO4. The lowest BCUT2D eigenvalue weighted by Gasteiger charge is -2.17. The molecule has 0 aliphatic carbocycles. The SMILES string of the molecule is CCCCCCCCCCCCCCCCCCOC(=O)C(Cc1ccc(OC)cc1)NC(C)=O. The summed E-state index contributed by atoms with van der Waals surface area (Å²) in [5.74, 6) is 0.163. The average Bonchev–Trinajstić information content (AvgIpc) is 2.85. The molecule has 5 nitrogen and oxygen atoms in total. The molecule has 0 aliphatic rings. The van der Waals surface area contributed by atoms with E-state index >= 15 is 0 Å². The molecule has 0 aromatic heterocycles. The Labute approximate surface area is 214 Å². The molecule has 0 saturated carbocycles. The Hall–Kier alpha value is -2.04. The van der Waals surface area contributed by atoms with Crippen LogP contribution >= 0.6 is 0 Å². The van der Waals surface area contributed by atoms with Crippen LogP contribution in [0.5, 0.6) is 5.75 Å². The standard InChI is InChI=1S/C30H51NO4/c1-4-5-6-7-8-9-10-11-12-13-14-15-16-17-18-19-24-35-30(33)29(31-26(2)32)25-27-20-22-28(34-3)23-21-27/h20-23,29H,4-19,24-25H2,1-3H3,(H,31,32). The zero-order valence-electron chi connectivity index (χ0n) is 22.7. The fraction of sp³-hybridized carbons (Fsp3) is 0.733. The van der Waals surface area contributed by atoms with E-state index in [4.69, 9.17) is 9.47 Å². The smallest absolute Gasteiger partial charge is 0.328 e. The number of nitrogens with one attached hydrogen (secondary N) is 1. The number of carbonyl (C=O) groups is 2. The van der Waals surface area contributed by atoms with Crippen molar-refractivity contribution < 1.29 is 19.1 Å². The molecule has 0 saturated heterocycles. The van der Waals surface area contributed by atoms with Crippen molar-refractivity contribution in [1.82, 2.24) is 5.32 Å². The molecule has 1 N–H and O–H groups in total. The van der Waals surface area contributed by atoms with E-state index in [-0.39, 0.29) is 11.9 Å². The molecule has 0 radical (unpaired) electrons. The van der Waals surface area contributed by atoms with Crippen molar-refractivity contribution in [3.05, 3.63) is 29.8 Å². The summed E-state index contributed by atoms with van der Waals surface area (Å²) in [6.45, 7) is 4.11. The largest absolute Gasteiger partial charge is 0.497 e. The molecule has 0 fully saturated rings. The highest BCUT2D eigenvalue weighted by atomic mass is 16.5. The van der Waals surface area contributed by atoms with Gasteiger partial charge < -0.3 is 14.8 Å². The van der Waals surface area contributed by atoms with Gasteiger partial charge in [-0.15, -0.1) is 0 Å². The van der Waals surface area contributed by atoms with Gasteiger partial charge in [0, 0.05) is 13.3 Å². The second-order valence-electron chi connectivity index (χ2n) is 9.78. The normalized spacial score (nSPS) is 11.7. The van der Waals surface area contributed by atoms with E-state index in [0.717, 1.165) is 24.2 Å². The molecule has 0 spiro atoms. The zero-order valence-corrected chi connectivity index (χ0v) is 22.7. The summed E-state index contributed by atoms with van der Waals surface area (Å²) < 4.78 is 10.6. The van der Waals surface area contributed by atoms with Gasteiger partial charge >= 0.3 is 5.97 Å². The Morgan fingerprint density at radius 2 is 1.20 bits per heavy atom. The predicted octanol–water partition coefficient (Wildman–Crippen LogP) is 7.55. The van der Waals surface area contributed by atoms with E-state index < -0.39 is 6.04 Å². The van der Waals surface area contributed by atoms with E-state index in [1.807, 2.05) is 24.3 Å². The minimum Gasteiger partial charge on any atom is -0.497 e. The van der Waals surface area contributed by atoms with Crippen LogP contribution in [0, 0.1) is 0 Å². The quantitative estimate of drug-likeness (QED) is 0.135. The van der Waals surface area contributed by atoms with E-state index in [0.29, 0.717) is 13.0 Å². The average molecular weight is 490 g/mol. The van der Waals surface area contributed by atoms with E-state index in [1.165, 1.54) is 96.8 Å². The molecule has 1 rings (SSSR count). The number of esters is 1. The number of rotatable bonds is 22. The fourth-order valence-corrected chi connectivity index (χ4v) is 4.36. The summed E-state index contributed by atoms with van der Waals surface area (Å²) in [7, 11) is 1.62. The van der Waals surface area contributed by atoms with Gasteiger partial charge in [-0.2, -0.15) is 0 Å². The Bertz CT molecular complexity index is 659. The summed E-state index contributed by atoms with van der Waals surface area (Å²) in [5, 5.41) is 2.72. The predicted molar refractivity (Wildman–Crippen MR) is 145 cm³/mol. The number of hydrogen-bond donors (Lipinski definition) is 1. The van der Waals surface area contributed by atoms with Crippen LogP contribution in [0.2, 0.25) is 0 Å². The molecule has 35 heavy (non-hydrogen) atoms. The van der Waals surface area contributed by atoms with Crippen LogP contribution in [0.15, 0.2) is 24.3 Å². The van der Waals surface area contributed by atoms with Gasteiger partial charge in [-0.25, -0.2) is 4.79 Å². The number of amides is 1. The van der Waals surface area contributed by atoms with Crippen molar-refractivity contribution in [3.8, 4) is 5.75 Å². The second kappa shape index (κ2) is 21.3. The van der Waals surface area contributed by atoms with E-state index in [9.17, 15) is 9.59 Å². The van der Waals surface area contributed by atoms with Crippen LogP contribution in [-0.4, -0.2) is 31.6 Å². The molecule has 1 atom stereocenters. The van der Waals surface area contributed by atoms with Crippen LogP contribution in [0.25, 0.3) is 0 Å². The molecule has 0 aliphatic heterocycles. The fourth-order valence-electron chi connectivity index (χ4n) is 4.36. The van der Waals surface area contributed by atoms with Crippen molar-refractivity contribution in [2.24, 2.45) is 0 Å². The Morgan fingerprint density at radius 3 is 1.63 bits per heavy atom. The van der Waals surface area contributed by atoms with E-state index in [1.54, 1.807) is 7.11 Å². The van der Waals surface area contributed by atoms with Gasteiger partial charge in [0.15, 0.2) is 0 Å². The first kappa shape index (κ1) is 31.0. The maximum Gasteiger partial charge on any atom is 0.328 e. The molecule has 0 heterocycles. The third-order valence-electron chi connectivity index (χ3n) is 6.50. The summed E-state index contributed by atoms with van der Waals surface area (Å²) in [6, 6.07) is 6.83. The van der Waals surface area contributed by atoms with Gasteiger partial charge in [0.05, 0.1) is 13.7 Å². The van der Waals surface area contributed by atoms with Gasteiger partial charge in [0.2, 0.25) is 5.91 Å². The maximum atomic E-state index is 12.5.